The average molecular weight is 318 g/mol. The number of carbonyl (C=O) groups excluding carboxylic acids is 2. The second-order valence-corrected chi connectivity index (χ2v) is 6.93. The minimum atomic E-state index is -0.347. The van der Waals surface area contributed by atoms with Gasteiger partial charge in [0.15, 0.2) is 0 Å². The first-order valence-electron chi connectivity index (χ1n) is 8.34. The van der Waals surface area contributed by atoms with Crippen LogP contribution in [0.2, 0.25) is 0 Å². The maximum absolute atomic E-state index is 12.9. The first-order chi connectivity index (χ1) is 11.0. The molecule has 4 nitrogen and oxygen atoms in total. The van der Waals surface area contributed by atoms with E-state index < -0.39 is 0 Å². The monoisotopic (exact) mass is 318 g/mol. The van der Waals surface area contributed by atoms with Gasteiger partial charge in [0.1, 0.15) is 5.82 Å². The topological polar surface area (TPSA) is 49.4 Å². The number of hydrogen-bond acceptors (Lipinski definition) is 2. The molecule has 5 heteroatoms. The molecular formula is C18H23FN2O2. The lowest BCUT2D eigenvalue weighted by atomic mass is 9.95. The van der Waals surface area contributed by atoms with Crippen molar-refractivity contribution in [3.8, 4) is 0 Å². The lowest BCUT2D eigenvalue weighted by Crippen LogP contribution is -2.53. The molecule has 2 amide bonds. The molecule has 0 spiro atoms. The number of nitrogens with one attached hydrogen (secondary N) is 1. The summed E-state index contributed by atoms with van der Waals surface area (Å²) in [6, 6.07) is 6.14. The summed E-state index contributed by atoms with van der Waals surface area (Å²) in [5.41, 5.74) is 0.472. The van der Waals surface area contributed by atoms with Crippen molar-refractivity contribution in [1.82, 2.24) is 10.2 Å². The third-order valence-electron chi connectivity index (χ3n) is 4.92. The van der Waals surface area contributed by atoms with Gasteiger partial charge in [-0.1, -0.05) is 13.8 Å². The van der Waals surface area contributed by atoms with Crippen molar-refractivity contribution in [1.29, 1.82) is 0 Å². The van der Waals surface area contributed by atoms with E-state index in [1.807, 2.05) is 18.7 Å². The van der Waals surface area contributed by atoms with Crippen molar-refractivity contribution in [2.24, 2.45) is 5.92 Å². The Morgan fingerprint density at radius 3 is 2.22 bits per heavy atom. The largest absolute Gasteiger partial charge is 0.349 e. The van der Waals surface area contributed by atoms with E-state index in [0.29, 0.717) is 5.56 Å². The Morgan fingerprint density at radius 1 is 1.13 bits per heavy atom. The summed E-state index contributed by atoms with van der Waals surface area (Å²) in [4.78, 5) is 26.7. The molecule has 2 aliphatic rings. The van der Waals surface area contributed by atoms with Gasteiger partial charge in [0.25, 0.3) is 5.91 Å². The van der Waals surface area contributed by atoms with Crippen molar-refractivity contribution < 1.29 is 14.0 Å². The van der Waals surface area contributed by atoms with Crippen LogP contribution in [0.3, 0.4) is 0 Å². The number of hydrogen-bond donors (Lipinski definition) is 1. The van der Waals surface area contributed by atoms with Crippen LogP contribution in [0, 0.1) is 11.7 Å². The van der Waals surface area contributed by atoms with Gasteiger partial charge in [-0.2, -0.15) is 0 Å². The Hall–Kier alpha value is -1.91. The van der Waals surface area contributed by atoms with Crippen LogP contribution in [0.15, 0.2) is 24.3 Å². The van der Waals surface area contributed by atoms with Gasteiger partial charge < -0.3 is 10.2 Å². The van der Waals surface area contributed by atoms with E-state index in [-0.39, 0.29) is 41.7 Å². The SMILES string of the molecule is CC(C)C(=O)N1[C@@H]2CC[C@H]1CC(NC(=O)c1ccc(F)cc1)C2. The predicted molar refractivity (Wildman–Crippen MR) is 85.4 cm³/mol. The lowest BCUT2D eigenvalue weighted by molar-refractivity contribution is -0.139. The maximum Gasteiger partial charge on any atom is 0.251 e. The van der Waals surface area contributed by atoms with Crippen LogP contribution in [0.25, 0.3) is 0 Å². The minimum Gasteiger partial charge on any atom is -0.349 e. The first-order valence-corrected chi connectivity index (χ1v) is 8.34. The number of nitrogens with zero attached hydrogens (tertiary/aromatic N) is 1. The summed E-state index contributed by atoms with van der Waals surface area (Å²) in [7, 11) is 0. The van der Waals surface area contributed by atoms with E-state index in [4.69, 9.17) is 0 Å². The fourth-order valence-corrected chi connectivity index (χ4v) is 3.82. The Balaban J connectivity index is 1.63. The van der Waals surface area contributed by atoms with Gasteiger partial charge in [0.05, 0.1) is 0 Å². The maximum atomic E-state index is 12.9. The van der Waals surface area contributed by atoms with E-state index in [9.17, 15) is 14.0 Å². The second kappa shape index (κ2) is 6.30. The van der Waals surface area contributed by atoms with Crippen molar-refractivity contribution in [2.75, 3.05) is 0 Å². The highest BCUT2D eigenvalue weighted by molar-refractivity contribution is 5.94. The molecule has 124 valence electrons. The Kier molecular flexibility index (Phi) is 4.37. The Bertz CT molecular complexity index is 586. The van der Waals surface area contributed by atoms with Crippen molar-refractivity contribution in [3.63, 3.8) is 0 Å². The molecule has 2 aliphatic heterocycles. The van der Waals surface area contributed by atoms with Gasteiger partial charge in [-0.05, 0) is 49.9 Å². The number of benzene rings is 1. The lowest BCUT2D eigenvalue weighted by Gasteiger charge is -2.40. The van der Waals surface area contributed by atoms with Crippen LogP contribution >= 0.6 is 0 Å². The zero-order valence-corrected chi connectivity index (χ0v) is 13.6. The molecule has 0 saturated carbocycles. The molecule has 1 unspecified atom stereocenters. The molecule has 2 bridgehead atoms. The van der Waals surface area contributed by atoms with Crippen molar-refractivity contribution >= 4 is 11.8 Å². The highest BCUT2D eigenvalue weighted by Crippen LogP contribution is 2.36. The first kappa shape index (κ1) is 16.0. The molecule has 3 atom stereocenters. The van der Waals surface area contributed by atoms with Crippen molar-refractivity contribution in [3.05, 3.63) is 35.6 Å². The highest BCUT2D eigenvalue weighted by atomic mass is 19.1. The van der Waals surface area contributed by atoms with Gasteiger partial charge in [0.2, 0.25) is 5.91 Å². The molecule has 1 aromatic carbocycles. The van der Waals surface area contributed by atoms with E-state index >= 15 is 0 Å². The van der Waals surface area contributed by atoms with E-state index in [2.05, 4.69) is 5.32 Å². The summed E-state index contributed by atoms with van der Waals surface area (Å²) >= 11 is 0. The summed E-state index contributed by atoms with van der Waals surface area (Å²) in [6.07, 6.45) is 3.65. The average Bonchev–Trinajstić information content (AvgIpc) is 2.78. The van der Waals surface area contributed by atoms with Gasteiger partial charge in [-0.3, -0.25) is 9.59 Å². The Morgan fingerprint density at radius 2 is 1.70 bits per heavy atom. The molecule has 0 aromatic heterocycles. The molecule has 23 heavy (non-hydrogen) atoms. The number of halogens is 1. The molecule has 1 aromatic rings. The molecule has 2 fully saturated rings. The van der Waals surface area contributed by atoms with E-state index in [0.717, 1.165) is 25.7 Å². The smallest absolute Gasteiger partial charge is 0.251 e. The zero-order valence-electron chi connectivity index (χ0n) is 13.6. The van der Waals surface area contributed by atoms with E-state index in [1.165, 1.54) is 24.3 Å². The predicted octanol–water partition coefficient (Wildman–Crippen LogP) is 2.73. The molecule has 3 rings (SSSR count). The zero-order chi connectivity index (χ0) is 16.6. The third-order valence-corrected chi connectivity index (χ3v) is 4.92. The Labute approximate surface area is 136 Å². The molecular weight excluding hydrogens is 295 g/mol. The van der Waals surface area contributed by atoms with Gasteiger partial charge in [-0.15, -0.1) is 0 Å². The van der Waals surface area contributed by atoms with Crippen LogP contribution in [-0.2, 0) is 4.79 Å². The molecule has 2 saturated heterocycles. The van der Waals surface area contributed by atoms with Gasteiger partial charge in [0, 0.05) is 29.6 Å². The standard InChI is InChI=1S/C18H23FN2O2/c1-11(2)18(23)21-15-7-8-16(21)10-14(9-15)20-17(22)12-3-5-13(19)6-4-12/h3-6,11,14-16H,7-10H2,1-2H3,(H,20,22)/t14?,15-,16+. The van der Waals surface area contributed by atoms with Crippen LogP contribution in [-0.4, -0.2) is 34.8 Å². The quantitative estimate of drug-likeness (QED) is 0.931. The summed E-state index contributed by atoms with van der Waals surface area (Å²) in [5.74, 6) is -0.276. The van der Waals surface area contributed by atoms with Crippen LogP contribution in [0.1, 0.15) is 49.9 Å². The third kappa shape index (κ3) is 3.23. The summed E-state index contributed by atoms with van der Waals surface area (Å²) in [5, 5.41) is 3.04. The van der Waals surface area contributed by atoms with Gasteiger partial charge in [-0.25, -0.2) is 4.39 Å². The second-order valence-electron chi connectivity index (χ2n) is 6.93. The number of piperidine rings is 1. The van der Waals surface area contributed by atoms with Gasteiger partial charge >= 0.3 is 0 Å². The molecule has 0 aliphatic carbocycles. The van der Waals surface area contributed by atoms with Crippen LogP contribution < -0.4 is 5.32 Å². The number of amides is 2. The molecule has 0 radical (unpaired) electrons. The highest BCUT2D eigenvalue weighted by Gasteiger charge is 2.43. The van der Waals surface area contributed by atoms with Crippen LogP contribution in [0.4, 0.5) is 4.39 Å². The number of fused-ring (bicyclic) bond motifs is 2. The summed E-state index contributed by atoms with van der Waals surface area (Å²) in [6.45, 7) is 3.87. The fourth-order valence-electron chi connectivity index (χ4n) is 3.82. The molecule has 2 heterocycles. The van der Waals surface area contributed by atoms with Crippen LogP contribution in [0.5, 0.6) is 0 Å². The number of carbonyl (C=O) groups is 2. The minimum absolute atomic E-state index is 0.0171. The number of rotatable bonds is 3. The van der Waals surface area contributed by atoms with Crippen molar-refractivity contribution in [2.45, 2.75) is 57.7 Å². The molecule has 1 N–H and O–H groups in total. The fraction of sp³-hybridized carbons (Fsp3) is 0.556. The van der Waals surface area contributed by atoms with E-state index in [1.54, 1.807) is 0 Å². The summed E-state index contributed by atoms with van der Waals surface area (Å²) < 4.78 is 12.9. The normalized spacial score (nSPS) is 26.4.